The van der Waals surface area contributed by atoms with E-state index in [9.17, 15) is 18.5 Å². The van der Waals surface area contributed by atoms with Crippen LogP contribution >= 0.6 is 11.6 Å². The van der Waals surface area contributed by atoms with E-state index in [0.29, 0.717) is 24.3 Å². The summed E-state index contributed by atoms with van der Waals surface area (Å²) in [5.74, 6) is -0.0293. The number of rotatable bonds is 8. The molecule has 2 aromatic carbocycles. The van der Waals surface area contributed by atoms with Crippen LogP contribution in [-0.2, 0) is 20.2 Å². The van der Waals surface area contributed by atoms with Gasteiger partial charge in [-0.25, -0.2) is 8.42 Å². The lowest BCUT2D eigenvalue weighted by molar-refractivity contribution is -0.116. The first-order chi connectivity index (χ1) is 16.3. The highest BCUT2D eigenvalue weighted by molar-refractivity contribution is 7.89. The van der Waals surface area contributed by atoms with E-state index < -0.39 is 21.3 Å². The molecule has 0 aromatic heterocycles. The number of sulfonamides is 1. The molecule has 2 fully saturated rings. The molecular weight excluding hydrogens is 474 g/mol. The van der Waals surface area contributed by atoms with Crippen LogP contribution in [0.4, 0.5) is 5.69 Å². The van der Waals surface area contributed by atoms with Crippen LogP contribution in [0, 0.1) is 11.3 Å². The molecule has 1 N–H and O–H groups in total. The standard InChI is InChI=1S/C25H28ClN3O4S/c1-33-23-12-11-21(15-22(23)26)34(31,32)29(20-5-3-2-4-6-20)16-24(30)28-19-9-7-18(8-10-19)25(17-27)13-14-25/h7-12,15,20H,2-6,13-14,16H2,1H3,(H,28,30). The third-order valence-electron chi connectivity index (χ3n) is 6.70. The van der Waals surface area contributed by atoms with Crippen LogP contribution in [-0.4, -0.2) is 38.3 Å². The van der Waals surface area contributed by atoms with Crippen LogP contribution in [0.3, 0.4) is 0 Å². The Kier molecular flexibility index (Phi) is 7.17. The van der Waals surface area contributed by atoms with Crippen molar-refractivity contribution < 1.29 is 17.9 Å². The fraction of sp³-hybridized carbons (Fsp3) is 0.440. The van der Waals surface area contributed by atoms with Gasteiger partial charge in [0.15, 0.2) is 0 Å². The minimum atomic E-state index is -3.96. The number of nitriles is 1. The number of benzene rings is 2. The highest BCUT2D eigenvalue weighted by Crippen LogP contribution is 2.47. The summed E-state index contributed by atoms with van der Waals surface area (Å²) >= 11 is 6.19. The number of anilines is 1. The number of hydrogen-bond donors (Lipinski definition) is 1. The van der Waals surface area contributed by atoms with Crippen LogP contribution < -0.4 is 10.1 Å². The lowest BCUT2D eigenvalue weighted by Crippen LogP contribution is -2.45. The van der Waals surface area contributed by atoms with Crippen molar-refractivity contribution in [2.45, 2.75) is 61.3 Å². The van der Waals surface area contributed by atoms with E-state index in [1.54, 1.807) is 12.1 Å². The molecule has 1 amide bonds. The van der Waals surface area contributed by atoms with Crippen LogP contribution in [0.15, 0.2) is 47.4 Å². The molecule has 4 rings (SSSR count). The van der Waals surface area contributed by atoms with E-state index in [-0.39, 0.29) is 22.5 Å². The number of carbonyl (C=O) groups is 1. The molecule has 0 saturated heterocycles. The summed E-state index contributed by atoms with van der Waals surface area (Å²) in [4.78, 5) is 13.0. The van der Waals surface area contributed by atoms with Gasteiger partial charge in [0.1, 0.15) is 5.75 Å². The Hall–Kier alpha value is -2.60. The molecule has 0 aliphatic heterocycles. The predicted octanol–water partition coefficient (Wildman–Crippen LogP) is 4.87. The first kappa shape index (κ1) is 24.5. The highest BCUT2D eigenvalue weighted by atomic mass is 35.5. The first-order valence-electron chi connectivity index (χ1n) is 11.5. The Labute approximate surface area is 205 Å². The molecule has 0 heterocycles. The van der Waals surface area contributed by atoms with Gasteiger partial charge in [-0.15, -0.1) is 0 Å². The van der Waals surface area contributed by atoms with E-state index >= 15 is 0 Å². The highest BCUT2D eigenvalue weighted by Gasteiger charge is 2.44. The maximum Gasteiger partial charge on any atom is 0.243 e. The quantitative estimate of drug-likeness (QED) is 0.556. The fourth-order valence-corrected chi connectivity index (χ4v) is 6.52. The molecule has 180 valence electrons. The van der Waals surface area contributed by atoms with Crippen molar-refractivity contribution in [3.05, 3.63) is 53.1 Å². The minimum absolute atomic E-state index is 0.0345. The van der Waals surface area contributed by atoms with Gasteiger partial charge in [0, 0.05) is 11.7 Å². The number of amides is 1. The zero-order valence-electron chi connectivity index (χ0n) is 19.1. The molecule has 7 nitrogen and oxygen atoms in total. The van der Waals surface area contributed by atoms with Gasteiger partial charge >= 0.3 is 0 Å². The minimum Gasteiger partial charge on any atom is -0.495 e. The Balaban J connectivity index is 1.53. The van der Waals surface area contributed by atoms with Crippen LogP contribution in [0.5, 0.6) is 5.75 Å². The zero-order valence-corrected chi connectivity index (χ0v) is 20.7. The second kappa shape index (κ2) is 9.95. The molecule has 2 saturated carbocycles. The van der Waals surface area contributed by atoms with Gasteiger partial charge in [0.05, 0.1) is 35.1 Å². The average Bonchev–Trinajstić information content (AvgIpc) is 3.65. The molecule has 34 heavy (non-hydrogen) atoms. The molecule has 9 heteroatoms. The summed E-state index contributed by atoms with van der Waals surface area (Å²) < 4.78 is 33.6. The number of nitrogens with one attached hydrogen (secondary N) is 1. The molecule has 2 aliphatic rings. The molecular formula is C25H28ClN3O4S. The molecule has 2 aromatic rings. The summed E-state index contributed by atoms with van der Waals surface area (Å²) in [5.41, 5.74) is 1.11. The molecule has 0 atom stereocenters. The zero-order chi connectivity index (χ0) is 24.3. The number of nitrogens with zero attached hydrogens (tertiary/aromatic N) is 2. The van der Waals surface area contributed by atoms with Gasteiger partial charge in [-0.3, -0.25) is 4.79 Å². The second-order valence-electron chi connectivity index (χ2n) is 8.96. The predicted molar refractivity (Wildman–Crippen MR) is 130 cm³/mol. The number of hydrogen-bond acceptors (Lipinski definition) is 5. The molecule has 2 aliphatic carbocycles. The summed E-state index contributed by atoms with van der Waals surface area (Å²) in [6.07, 6.45) is 6.01. The van der Waals surface area contributed by atoms with Gasteiger partial charge in [-0.05, 0) is 61.6 Å². The molecule has 0 unspecified atom stereocenters. The van der Waals surface area contributed by atoms with Gasteiger partial charge in [-0.1, -0.05) is 43.0 Å². The van der Waals surface area contributed by atoms with Gasteiger partial charge < -0.3 is 10.1 Å². The smallest absolute Gasteiger partial charge is 0.243 e. The van der Waals surface area contributed by atoms with Gasteiger partial charge in [0.2, 0.25) is 15.9 Å². The van der Waals surface area contributed by atoms with Crippen molar-refractivity contribution in [3.63, 3.8) is 0 Å². The summed E-state index contributed by atoms with van der Waals surface area (Å²) in [6.45, 7) is -0.291. The molecule has 0 bridgehead atoms. The number of carbonyl (C=O) groups excluding carboxylic acids is 1. The van der Waals surface area contributed by atoms with Crippen LogP contribution in [0.2, 0.25) is 5.02 Å². The number of methoxy groups -OCH3 is 1. The average molecular weight is 502 g/mol. The third-order valence-corrected chi connectivity index (χ3v) is 8.89. The largest absolute Gasteiger partial charge is 0.495 e. The molecule has 0 spiro atoms. The Morgan fingerprint density at radius 1 is 1.18 bits per heavy atom. The van der Waals surface area contributed by atoms with Crippen molar-refractivity contribution in [1.29, 1.82) is 5.26 Å². The fourth-order valence-electron chi connectivity index (χ4n) is 4.53. The van der Waals surface area contributed by atoms with Gasteiger partial charge in [0.25, 0.3) is 0 Å². The lowest BCUT2D eigenvalue weighted by atomic mass is 9.95. The maximum atomic E-state index is 13.6. The Bertz CT molecular complexity index is 1200. The van der Waals surface area contributed by atoms with Crippen molar-refractivity contribution in [3.8, 4) is 11.8 Å². The summed E-state index contributed by atoms with van der Waals surface area (Å²) in [5, 5.41) is 12.4. The van der Waals surface area contributed by atoms with Gasteiger partial charge in [-0.2, -0.15) is 9.57 Å². The summed E-state index contributed by atoms with van der Waals surface area (Å²) in [7, 11) is -2.50. The van der Waals surface area contributed by atoms with Crippen molar-refractivity contribution in [2.24, 2.45) is 0 Å². The maximum absolute atomic E-state index is 13.6. The lowest BCUT2D eigenvalue weighted by Gasteiger charge is -2.33. The van der Waals surface area contributed by atoms with E-state index in [1.165, 1.54) is 29.6 Å². The summed E-state index contributed by atoms with van der Waals surface area (Å²) in [6, 6.07) is 13.7. The SMILES string of the molecule is COc1ccc(S(=O)(=O)N(CC(=O)Nc2ccc(C3(C#N)CC3)cc2)C2CCCCC2)cc1Cl. The Morgan fingerprint density at radius 2 is 1.85 bits per heavy atom. The molecule has 0 radical (unpaired) electrons. The number of halogens is 1. The first-order valence-corrected chi connectivity index (χ1v) is 13.3. The van der Waals surface area contributed by atoms with Crippen molar-refractivity contribution >= 4 is 33.2 Å². The normalized spacial score (nSPS) is 17.7. The second-order valence-corrected chi connectivity index (χ2v) is 11.3. The van der Waals surface area contributed by atoms with Crippen molar-refractivity contribution in [1.82, 2.24) is 4.31 Å². The van der Waals surface area contributed by atoms with E-state index in [1.807, 2.05) is 12.1 Å². The third kappa shape index (κ3) is 5.07. The number of ether oxygens (including phenoxy) is 1. The van der Waals surface area contributed by atoms with Crippen LogP contribution in [0.1, 0.15) is 50.5 Å². The Morgan fingerprint density at radius 3 is 2.41 bits per heavy atom. The van der Waals surface area contributed by atoms with E-state index in [0.717, 1.165) is 37.7 Å². The van der Waals surface area contributed by atoms with E-state index in [4.69, 9.17) is 16.3 Å². The topological polar surface area (TPSA) is 99.5 Å². The van der Waals surface area contributed by atoms with Crippen molar-refractivity contribution in [2.75, 3.05) is 19.0 Å². The monoisotopic (exact) mass is 501 g/mol. The van der Waals surface area contributed by atoms with Crippen LogP contribution in [0.25, 0.3) is 0 Å². The van der Waals surface area contributed by atoms with E-state index in [2.05, 4.69) is 11.4 Å².